The standard InChI is InChI=1S/C19H26N4O2S/c1-3-26-14(2)18(24)22-11-9-16(10-12-22)17-20-21-19(25)23(17)13-15-7-5-4-6-8-15/h4-8,14,16H,3,9-13H2,1-2H3,(H,21,25)/t14-/m0/s1. The molecule has 0 saturated carbocycles. The van der Waals surface area contributed by atoms with E-state index in [1.807, 2.05) is 42.2 Å². The number of carbonyl (C=O) groups is 1. The molecule has 0 spiro atoms. The molecule has 1 aliphatic heterocycles. The van der Waals surface area contributed by atoms with E-state index >= 15 is 0 Å². The number of nitrogens with zero attached hydrogens (tertiary/aromatic N) is 3. The van der Waals surface area contributed by atoms with E-state index in [1.54, 1.807) is 16.3 Å². The number of carbonyl (C=O) groups excluding carboxylic acids is 1. The molecule has 1 N–H and O–H groups in total. The van der Waals surface area contributed by atoms with Gasteiger partial charge in [-0.2, -0.15) is 5.10 Å². The van der Waals surface area contributed by atoms with Gasteiger partial charge >= 0.3 is 5.69 Å². The Bertz CT molecular complexity index is 778. The van der Waals surface area contributed by atoms with Crippen LogP contribution in [0.2, 0.25) is 0 Å². The summed E-state index contributed by atoms with van der Waals surface area (Å²) in [7, 11) is 0. The van der Waals surface area contributed by atoms with Gasteiger partial charge in [0.1, 0.15) is 5.82 Å². The van der Waals surface area contributed by atoms with Gasteiger partial charge in [0.15, 0.2) is 0 Å². The maximum atomic E-state index is 12.5. The number of benzene rings is 1. The van der Waals surface area contributed by atoms with E-state index in [4.69, 9.17) is 0 Å². The van der Waals surface area contributed by atoms with Gasteiger partial charge < -0.3 is 4.90 Å². The van der Waals surface area contributed by atoms with Crippen molar-refractivity contribution < 1.29 is 4.79 Å². The normalized spacial score (nSPS) is 16.6. The fraction of sp³-hybridized carbons (Fsp3) is 0.526. The number of hydrogen-bond donors (Lipinski definition) is 1. The summed E-state index contributed by atoms with van der Waals surface area (Å²) in [6, 6.07) is 9.93. The van der Waals surface area contributed by atoms with Crippen LogP contribution in [0.1, 0.15) is 44.0 Å². The lowest BCUT2D eigenvalue weighted by Gasteiger charge is -2.33. The lowest BCUT2D eigenvalue weighted by atomic mass is 9.95. The van der Waals surface area contributed by atoms with E-state index in [2.05, 4.69) is 17.1 Å². The van der Waals surface area contributed by atoms with Gasteiger partial charge in [-0.3, -0.25) is 9.36 Å². The van der Waals surface area contributed by atoms with Crippen molar-refractivity contribution in [2.24, 2.45) is 0 Å². The minimum absolute atomic E-state index is 0.0122. The topological polar surface area (TPSA) is 71.0 Å². The van der Waals surface area contributed by atoms with E-state index in [-0.39, 0.29) is 22.8 Å². The second kappa shape index (κ2) is 8.58. The zero-order valence-electron chi connectivity index (χ0n) is 15.4. The smallest absolute Gasteiger partial charge is 0.342 e. The Balaban J connectivity index is 1.67. The van der Waals surface area contributed by atoms with Crippen LogP contribution in [0.3, 0.4) is 0 Å². The van der Waals surface area contributed by atoms with Crippen molar-refractivity contribution in [3.05, 3.63) is 52.2 Å². The lowest BCUT2D eigenvalue weighted by molar-refractivity contribution is -0.131. The summed E-state index contributed by atoms with van der Waals surface area (Å²) in [5, 5.41) is 6.90. The number of hydrogen-bond acceptors (Lipinski definition) is 4. The van der Waals surface area contributed by atoms with Gasteiger partial charge in [0.25, 0.3) is 0 Å². The molecule has 1 aromatic heterocycles. The Labute approximate surface area is 158 Å². The highest BCUT2D eigenvalue weighted by Gasteiger charge is 2.29. The summed E-state index contributed by atoms with van der Waals surface area (Å²) in [5.74, 6) is 2.18. The van der Waals surface area contributed by atoms with E-state index in [0.29, 0.717) is 6.54 Å². The van der Waals surface area contributed by atoms with Crippen LogP contribution in [-0.2, 0) is 11.3 Å². The molecule has 3 rings (SSSR count). The number of nitrogens with one attached hydrogen (secondary N) is 1. The molecule has 0 unspecified atom stereocenters. The third kappa shape index (κ3) is 4.20. The quantitative estimate of drug-likeness (QED) is 0.843. The summed E-state index contributed by atoms with van der Waals surface area (Å²) in [6.07, 6.45) is 1.68. The highest BCUT2D eigenvalue weighted by Crippen LogP contribution is 2.27. The van der Waals surface area contributed by atoms with Crippen LogP contribution >= 0.6 is 11.8 Å². The first-order chi connectivity index (χ1) is 12.6. The van der Waals surface area contributed by atoms with Gasteiger partial charge in [0.2, 0.25) is 5.91 Å². The monoisotopic (exact) mass is 374 g/mol. The van der Waals surface area contributed by atoms with Crippen LogP contribution < -0.4 is 5.69 Å². The van der Waals surface area contributed by atoms with E-state index in [9.17, 15) is 9.59 Å². The molecule has 0 radical (unpaired) electrons. The Morgan fingerprint density at radius 3 is 2.65 bits per heavy atom. The molecule has 1 saturated heterocycles. The molecule has 1 aromatic carbocycles. The largest absolute Gasteiger partial charge is 0.343 e. The molecule has 0 aliphatic carbocycles. The van der Waals surface area contributed by atoms with Crippen molar-refractivity contribution >= 4 is 17.7 Å². The van der Waals surface area contributed by atoms with Gasteiger partial charge in [0.05, 0.1) is 11.8 Å². The third-order valence-corrected chi connectivity index (χ3v) is 5.94. The van der Waals surface area contributed by atoms with E-state index in [1.165, 1.54) is 0 Å². The van der Waals surface area contributed by atoms with Crippen LogP contribution in [0.4, 0.5) is 0 Å². The summed E-state index contributed by atoms with van der Waals surface area (Å²) < 4.78 is 1.73. The average molecular weight is 375 g/mol. The molecule has 1 fully saturated rings. The fourth-order valence-corrected chi connectivity index (χ4v) is 4.29. The summed E-state index contributed by atoms with van der Waals surface area (Å²) in [6.45, 7) is 6.03. The lowest BCUT2D eigenvalue weighted by Crippen LogP contribution is -2.42. The van der Waals surface area contributed by atoms with Crippen LogP contribution in [0, 0.1) is 0 Å². The number of piperidine rings is 1. The molecule has 140 valence electrons. The maximum Gasteiger partial charge on any atom is 0.343 e. The first kappa shape index (κ1) is 18.8. The van der Waals surface area contributed by atoms with Gasteiger partial charge in [-0.15, -0.1) is 11.8 Å². The number of aromatic amines is 1. The number of likely N-dealkylation sites (tertiary alicyclic amines) is 1. The minimum Gasteiger partial charge on any atom is -0.342 e. The Hall–Kier alpha value is -2.02. The molecule has 2 heterocycles. The SMILES string of the molecule is CCS[C@@H](C)C(=O)N1CCC(c2n[nH]c(=O)n2Cc2ccccc2)CC1. The van der Waals surface area contributed by atoms with Gasteiger partial charge in [-0.25, -0.2) is 9.89 Å². The molecule has 1 aliphatic rings. The summed E-state index contributed by atoms with van der Waals surface area (Å²) >= 11 is 1.68. The van der Waals surface area contributed by atoms with Gasteiger partial charge in [-0.05, 0) is 31.1 Å². The average Bonchev–Trinajstić information content (AvgIpc) is 3.03. The Kier molecular flexibility index (Phi) is 6.19. The Morgan fingerprint density at radius 1 is 1.31 bits per heavy atom. The second-order valence-electron chi connectivity index (χ2n) is 6.66. The van der Waals surface area contributed by atoms with Crippen molar-refractivity contribution in [2.45, 2.75) is 44.4 Å². The van der Waals surface area contributed by atoms with Crippen LogP contribution in [-0.4, -0.2) is 49.7 Å². The molecular formula is C19H26N4O2S. The zero-order chi connectivity index (χ0) is 18.5. The van der Waals surface area contributed by atoms with Crippen molar-refractivity contribution in [1.29, 1.82) is 0 Å². The van der Waals surface area contributed by atoms with Crippen LogP contribution in [0.15, 0.2) is 35.1 Å². The number of amides is 1. The highest BCUT2D eigenvalue weighted by molar-refractivity contribution is 8.00. The molecule has 26 heavy (non-hydrogen) atoms. The minimum atomic E-state index is -0.171. The van der Waals surface area contributed by atoms with Crippen molar-refractivity contribution in [3.63, 3.8) is 0 Å². The molecule has 1 amide bonds. The number of rotatable bonds is 6. The van der Waals surface area contributed by atoms with E-state index in [0.717, 1.165) is 43.1 Å². The third-order valence-electron chi connectivity index (χ3n) is 4.91. The predicted molar refractivity (Wildman–Crippen MR) is 105 cm³/mol. The molecule has 1 atom stereocenters. The van der Waals surface area contributed by atoms with Gasteiger partial charge in [-0.1, -0.05) is 37.3 Å². The van der Waals surface area contributed by atoms with E-state index < -0.39 is 0 Å². The second-order valence-corrected chi connectivity index (χ2v) is 8.27. The fourth-order valence-electron chi connectivity index (χ4n) is 3.50. The first-order valence-electron chi connectivity index (χ1n) is 9.19. The zero-order valence-corrected chi connectivity index (χ0v) is 16.2. The summed E-state index contributed by atoms with van der Waals surface area (Å²) in [4.78, 5) is 26.6. The number of aromatic nitrogens is 3. The Morgan fingerprint density at radius 2 is 2.00 bits per heavy atom. The highest BCUT2D eigenvalue weighted by atomic mass is 32.2. The molecule has 6 nitrogen and oxygen atoms in total. The van der Waals surface area contributed by atoms with Crippen LogP contribution in [0.25, 0.3) is 0 Å². The number of H-pyrrole nitrogens is 1. The molecule has 7 heteroatoms. The maximum absolute atomic E-state index is 12.5. The molecule has 2 aromatic rings. The van der Waals surface area contributed by atoms with Crippen molar-refractivity contribution in [2.75, 3.05) is 18.8 Å². The van der Waals surface area contributed by atoms with Gasteiger partial charge in [0, 0.05) is 19.0 Å². The molecule has 0 bridgehead atoms. The summed E-state index contributed by atoms with van der Waals surface area (Å²) in [5.41, 5.74) is 0.908. The first-order valence-corrected chi connectivity index (χ1v) is 10.2. The van der Waals surface area contributed by atoms with Crippen LogP contribution in [0.5, 0.6) is 0 Å². The van der Waals surface area contributed by atoms with Crippen molar-refractivity contribution in [3.8, 4) is 0 Å². The predicted octanol–water partition coefficient (Wildman–Crippen LogP) is 2.47. The number of thioether (sulfide) groups is 1. The molecular weight excluding hydrogens is 348 g/mol. The van der Waals surface area contributed by atoms with Crippen molar-refractivity contribution in [1.82, 2.24) is 19.7 Å².